The zero-order valence-corrected chi connectivity index (χ0v) is 20.3. The van der Waals surface area contributed by atoms with E-state index in [2.05, 4.69) is 32.8 Å². The molecule has 0 amide bonds. The third kappa shape index (κ3) is 4.57. The standard InChI is InChI=1S/C27H24FN5O4/c1-3-18(34)10-9-17-14-29-27(30-22-13-23(33(35)36)21(28)12-24(22)37-2)31-25(17)20-15-32-11-5-7-16-6-4-8-19(20)26(16)32/h4,6,8,12-15,18,34H,3,5,7,11H2,1-2H3,(H,29,30,31). The molecule has 3 heterocycles. The van der Waals surface area contributed by atoms with Crippen LogP contribution >= 0.6 is 0 Å². The number of aliphatic hydroxyl groups excluding tert-OH is 1. The SMILES string of the molecule is CCC(O)C#Cc1cnc(Nc2cc([N+](=O)[O-])c(F)cc2OC)nc1-c1cn2c3c(cccc13)CCC2. The maximum absolute atomic E-state index is 14.1. The molecule has 4 aromatic rings. The largest absolute Gasteiger partial charge is 0.494 e. The third-order valence-electron chi connectivity index (χ3n) is 6.34. The number of aryl methyl sites for hydroxylation is 2. The van der Waals surface area contributed by atoms with Crippen LogP contribution in [0.5, 0.6) is 5.75 Å². The van der Waals surface area contributed by atoms with Gasteiger partial charge in [-0.25, -0.2) is 9.97 Å². The van der Waals surface area contributed by atoms with Crippen molar-refractivity contribution in [2.45, 2.75) is 38.8 Å². The molecule has 0 spiro atoms. The van der Waals surface area contributed by atoms with Gasteiger partial charge in [0.25, 0.3) is 0 Å². The molecular weight excluding hydrogens is 477 g/mol. The second kappa shape index (κ2) is 9.87. The van der Waals surface area contributed by atoms with Crippen molar-refractivity contribution in [2.24, 2.45) is 0 Å². The Labute approximate surface area is 212 Å². The monoisotopic (exact) mass is 501 g/mol. The van der Waals surface area contributed by atoms with Crippen molar-refractivity contribution in [3.63, 3.8) is 0 Å². The average Bonchev–Trinajstić information content (AvgIpc) is 3.28. The highest BCUT2D eigenvalue weighted by molar-refractivity contribution is 5.98. The number of aliphatic hydroxyl groups is 1. The molecule has 37 heavy (non-hydrogen) atoms. The summed E-state index contributed by atoms with van der Waals surface area (Å²) in [5, 5.41) is 25.2. The van der Waals surface area contributed by atoms with Crippen LogP contribution in [0.4, 0.5) is 21.7 Å². The van der Waals surface area contributed by atoms with Gasteiger partial charge in [-0.05, 0) is 24.8 Å². The van der Waals surface area contributed by atoms with E-state index in [1.165, 1.54) is 18.9 Å². The number of ether oxygens (including phenoxy) is 1. The van der Waals surface area contributed by atoms with Gasteiger partial charge in [0, 0.05) is 42.0 Å². The molecule has 2 aromatic heterocycles. The second-order valence-corrected chi connectivity index (χ2v) is 8.69. The molecule has 0 bridgehead atoms. The van der Waals surface area contributed by atoms with E-state index < -0.39 is 22.5 Å². The first-order valence-electron chi connectivity index (χ1n) is 11.9. The second-order valence-electron chi connectivity index (χ2n) is 8.69. The van der Waals surface area contributed by atoms with Gasteiger partial charge >= 0.3 is 5.69 Å². The van der Waals surface area contributed by atoms with Crippen LogP contribution in [-0.2, 0) is 13.0 Å². The molecule has 0 saturated heterocycles. The summed E-state index contributed by atoms with van der Waals surface area (Å²) in [7, 11) is 1.34. The first-order chi connectivity index (χ1) is 17.9. The van der Waals surface area contributed by atoms with Crippen LogP contribution in [-0.4, -0.2) is 37.8 Å². The fraction of sp³-hybridized carbons (Fsp3) is 0.259. The number of benzene rings is 2. The molecule has 10 heteroatoms. The van der Waals surface area contributed by atoms with Crippen molar-refractivity contribution >= 4 is 28.2 Å². The van der Waals surface area contributed by atoms with E-state index in [1.807, 2.05) is 25.3 Å². The molecule has 1 aliphatic rings. The third-order valence-corrected chi connectivity index (χ3v) is 6.34. The Bertz CT molecular complexity index is 1590. The van der Waals surface area contributed by atoms with Crippen LogP contribution in [0.2, 0.25) is 0 Å². The Morgan fingerprint density at radius 2 is 2.22 bits per heavy atom. The molecule has 0 aliphatic carbocycles. The number of anilines is 2. The quantitative estimate of drug-likeness (QED) is 0.218. The Morgan fingerprint density at radius 1 is 1.38 bits per heavy atom. The maximum Gasteiger partial charge on any atom is 0.307 e. The number of hydrogen-bond donors (Lipinski definition) is 2. The highest BCUT2D eigenvalue weighted by atomic mass is 19.1. The summed E-state index contributed by atoms with van der Waals surface area (Å²) >= 11 is 0. The van der Waals surface area contributed by atoms with Gasteiger partial charge < -0.3 is 19.7 Å². The van der Waals surface area contributed by atoms with Gasteiger partial charge in [0.2, 0.25) is 11.8 Å². The Balaban J connectivity index is 1.66. The zero-order chi connectivity index (χ0) is 26.1. The zero-order valence-electron chi connectivity index (χ0n) is 20.3. The summed E-state index contributed by atoms with van der Waals surface area (Å²) in [6.45, 7) is 2.72. The number of halogens is 1. The minimum Gasteiger partial charge on any atom is -0.494 e. The van der Waals surface area contributed by atoms with Crippen LogP contribution < -0.4 is 10.1 Å². The number of rotatable bonds is 6. The van der Waals surface area contributed by atoms with Crippen LogP contribution in [0, 0.1) is 27.8 Å². The molecule has 188 valence electrons. The molecule has 5 rings (SSSR count). The number of nitrogens with zero attached hydrogens (tertiary/aromatic N) is 4. The highest BCUT2D eigenvalue weighted by Crippen LogP contribution is 2.37. The van der Waals surface area contributed by atoms with Gasteiger partial charge in [-0.1, -0.05) is 37.0 Å². The number of aromatic nitrogens is 3. The Kier molecular flexibility index (Phi) is 6.46. The van der Waals surface area contributed by atoms with Gasteiger partial charge in [0.1, 0.15) is 11.9 Å². The summed E-state index contributed by atoms with van der Waals surface area (Å²) in [4.78, 5) is 19.5. The van der Waals surface area contributed by atoms with Gasteiger partial charge in [-0.3, -0.25) is 10.1 Å². The van der Waals surface area contributed by atoms with Crippen LogP contribution in [0.1, 0.15) is 30.9 Å². The summed E-state index contributed by atoms with van der Waals surface area (Å²) in [6.07, 6.45) is 5.31. The fourth-order valence-electron chi connectivity index (χ4n) is 4.52. The molecule has 0 fully saturated rings. The molecule has 0 radical (unpaired) electrons. The van der Waals surface area contributed by atoms with E-state index in [-0.39, 0.29) is 17.4 Å². The molecule has 0 saturated carbocycles. The van der Waals surface area contributed by atoms with E-state index in [0.717, 1.165) is 48.0 Å². The van der Waals surface area contributed by atoms with Crippen molar-refractivity contribution in [3.8, 4) is 28.8 Å². The van der Waals surface area contributed by atoms with Crippen LogP contribution in [0.15, 0.2) is 42.7 Å². The van der Waals surface area contributed by atoms with Crippen LogP contribution in [0.25, 0.3) is 22.2 Å². The fourth-order valence-corrected chi connectivity index (χ4v) is 4.52. The molecule has 1 unspecified atom stereocenters. The van der Waals surface area contributed by atoms with Crippen molar-refractivity contribution in [3.05, 3.63) is 69.8 Å². The van der Waals surface area contributed by atoms with E-state index in [4.69, 9.17) is 9.72 Å². The molecule has 2 N–H and O–H groups in total. The average molecular weight is 502 g/mol. The lowest BCUT2D eigenvalue weighted by Gasteiger charge is -2.14. The number of methoxy groups -OCH3 is 1. The predicted octanol–water partition coefficient (Wildman–Crippen LogP) is 4.97. The van der Waals surface area contributed by atoms with E-state index in [9.17, 15) is 19.6 Å². The van der Waals surface area contributed by atoms with E-state index in [1.54, 1.807) is 0 Å². The Hall–Kier alpha value is -4.49. The molecule has 1 aliphatic heterocycles. The maximum atomic E-state index is 14.1. The van der Waals surface area contributed by atoms with Gasteiger partial charge in [0.05, 0.1) is 34.5 Å². The van der Waals surface area contributed by atoms with E-state index >= 15 is 0 Å². The molecule has 1 atom stereocenters. The lowest BCUT2D eigenvalue weighted by molar-refractivity contribution is -0.387. The number of nitrogens with one attached hydrogen (secondary N) is 1. The molecular formula is C27H24FN5O4. The first-order valence-corrected chi connectivity index (χ1v) is 11.9. The predicted molar refractivity (Wildman–Crippen MR) is 137 cm³/mol. The summed E-state index contributed by atoms with van der Waals surface area (Å²) in [5.74, 6) is 5.01. The van der Waals surface area contributed by atoms with Gasteiger partial charge in [-0.15, -0.1) is 0 Å². The van der Waals surface area contributed by atoms with E-state index in [0.29, 0.717) is 17.7 Å². The van der Waals surface area contributed by atoms with Crippen molar-refractivity contribution in [2.75, 3.05) is 12.4 Å². The summed E-state index contributed by atoms with van der Waals surface area (Å²) < 4.78 is 21.5. The van der Waals surface area contributed by atoms with Gasteiger partial charge in [0.15, 0.2) is 0 Å². The minimum absolute atomic E-state index is 0.0651. The number of hydrogen-bond acceptors (Lipinski definition) is 7. The summed E-state index contributed by atoms with van der Waals surface area (Å²) in [5.41, 5.74) is 3.79. The van der Waals surface area contributed by atoms with Gasteiger partial charge in [-0.2, -0.15) is 4.39 Å². The number of nitro groups is 1. The lowest BCUT2D eigenvalue weighted by atomic mass is 10.0. The smallest absolute Gasteiger partial charge is 0.307 e. The van der Waals surface area contributed by atoms with Crippen molar-refractivity contribution in [1.82, 2.24) is 14.5 Å². The number of para-hydroxylation sites is 1. The van der Waals surface area contributed by atoms with Crippen molar-refractivity contribution in [1.29, 1.82) is 0 Å². The minimum atomic E-state index is -1.01. The molecule has 2 aromatic carbocycles. The normalized spacial score (nSPS) is 13.1. The van der Waals surface area contributed by atoms with Crippen LogP contribution in [0.3, 0.4) is 0 Å². The topological polar surface area (TPSA) is 115 Å². The summed E-state index contributed by atoms with van der Waals surface area (Å²) in [6, 6.07) is 8.17. The van der Waals surface area contributed by atoms with Crippen molar-refractivity contribution < 1.29 is 19.2 Å². The molecule has 9 nitrogen and oxygen atoms in total. The number of nitro benzene ring substituents is 1. The first kappa shape index (κ1) is 24.2. The highest BCUT2D eigenvalue weighted by Gasteiger charge is 2.22. The Morgan fingerprint density at radius 3 is 2.97 bits per heavy atom. The lowest BCUT2D eigenvalue weighted by Crippen LogP contribution is -2.05.